The van der Waals surface area contributed by atoms with E-state index in [1.807, 2.05) is 24.5 Å². The highest BCUT2D eigenvalue weighted by molar-refractivity contribution is 7.13. The summed E-state index contributed by atoms with van der Waals surface area (Å²) >= 11 is 1.67. The number of aromatic nitrogens is 4. The van der Waals surface area contributed by atoms with E-state index in [1.54, 1.807) is 17.5 Å². The number of pyridine rings is 1. The van der Waals surface area contributed by atoms with Gasteiger partial charge in [0.2, 0.25) is 0 Å². The molecule has 1 fully saturated rings. The number of nitrogens with zero attached hydrogens (tertiary/aromatic N) is 4. The average molecular weight is 326 g/mol. The molecule has 1 atom stereocenters. The lowest BCUT2D eigenvalue weighted by atomic mass is 10.1. The Morgan fingerprint density at radius 2 is 2.35 bits per heavy atom. The van der Waals surface area contributed by atoms with Crippen molar-refractivity contribution in [2.45, 2.75) is 25.3 Å². The molecule has 0 aliphatic carbocycles. The molecule has 3 aromatic rings. The smallest absolute Gasteiger partial charge is 0.125 e. The van der Waals surface area contributed by atoms with E-state index in [0.717, 1.165) is 54.7 Å². The first-order valence-corrected chi connectivity index (χ1v) is 8.72. The van der Waals surface area contributed by atoms with Crippen molar-refractivity contribution in [3.8, 4) is 10.6 Å². The van der Waals surface area contributed by atoms with Gasteiger partial charge in [-0.2, -0.15) is 0 Å². The van der Waals surface area contributed by atoms with Gasteiger partial charge in [-0.1, -0.05) is 0 Å². The highest BCUT2D eigenvalue weighted by Crippen LogP contribution is 2.25. The minimum atomic E-state index is 0.436. The van der Waals surface area contributed by atoms with Crippen molar-refractivity contribution in [1.82, 2.24) is 19.5 Å². The summed E-state index contributed by atoms with van der Waals surface area (Å²) in [4.78, 5) is 13.4. The van der Waals surface area contributed by atoms with Gasteiger partial charge in [-0.25, -0.2) is 9.97 Å². The number of hydrogen-bond donors (Lipinski definition) is 0. The Hall–Kier alpha value is -2.05. The second-order valence-electron chi connectivity index (χ2n) is 5.68. The molecule has 0 saturated carbocycles. The number of aryl methyl sites for hydroxylation is 2. The summed E-state index contributed by atoms with van der Waals surface area (Å²) in [5.74, 6) is 1.58. The Labute approximate surface area is 139 Å². The SMILES string of the molecule is c1cncc(-c2nc(CCn3ccnc3C3CCOC3)cs2)c1. The lowest BCUT2D eigenvalue weighted by Crippen LogP contribution is -2.10. The Kier molecular flexibility index (Phi) is 4.17. The normalized spacial score (nSPS) is 17.7. The Bertz CT molecular complexity index is 762. The summed E-state index contributed by atoms with van der Waals surface area (Å²) < 4.78 is 7.72. The molecule has 1 saturated heterocycles. The standard InChI is InChI=1S/C17H18N4OS/c1-2-13(10-18-5-1)17-20-15(12-23-17)3-7-21-8-6-19-16(21)14-4-9-22-11-14/h1-2,5-6,8,10,12,14H,3-4,7,9,11H2. The zero-order valence-electron chi connectivity index (χ0n) is 12.8. The minimum absolute atomic E-state index is 0.436. The quantitative estimate of drug-likeness (QED) is 0.723. The summed E-state index contributed by atoms with van der Waals surface area (Å²) in [6.07, 6.45) is 9.56. The number of imidazole rings is 1. The summed E-state index contributed by atoms with van der Waals surface area (Å²) in [6, 6.07) is 3.99. The molecule has 0 aromatic carbocycles. The van der Waals surface area contributed by atoms with Crippen LogP contribution in [-0.2, 0) is 17.7 Å². The van der Waals surface area contributed by atoms with Crippen molar-refractivity contribution < 1.29 is 4.74 Å². The van der Waals surface area contributed by atoms with Gasteiger partial charge >= 0.3 is 0 Å². The zero-order valence-corrected chi connectivity index (χ0v) is 13.6. The highest BCUT2D eigenvalue weighted by atomic mass is 32.1. The van der Waals surface area contributed by atoms with Gasteiger partial charge in [-0.3, -0.25) is 4.98 Å². The van der Waals surface area contributed by atoms with Gasteiger partial charge in [0.15, 0.2) is 0 Å². The van der Waals surface area contributed by atoms with Crippen molar-refractivity contribution in [3.63, 3.8) is 0 Å². The van der Waals surface area contributed by atoms with Gasteiger partial charge in [0, 0.05) is 61.2 Å². The maximum absolute atomic E-state index is 5.48. The molecule has 0 amide bonds. The molecule has 0 bridgehead atoms. The summed E-state index contributed by atoms with van der Waals surface area (Å²) in [6.45, 7) is 2.54. The number of rotatable bonds is 5. The van der Waals surface area contributed by atoms with E-state index in [9.17, 15) is 0 Å². The zero-order chi connectivity index (χ0) is 15.5. The monoisotopic (exact) mass is 326 g/mol. The third-order valence-corrected chi connectivity index (χ3v) is 5.05. The van der Waals surface area contributed by atoms with Crippen LogP contribution in [0, 0.1) is 0 Å². The molecule has 1 aliphatic heterocycles. The van der Waals surface area contributed by atoms with Crippen molar-refractivity contribution in [2.75, 3.05) is 13.2 Å². The lowest BCUT2D eigenvalue weighted by Gasteiger charge is -2.11. The van der Waals surface area contributed by atoms with Crippen LogP contribution in [0.2, 0.25) is 0 Å². The van der Waals surface area contributed by atoms with Crippen molar-refractivity contribution >= 4 is 11.3 Å². The molecule has 4 heterocycles. The van der Waals surface area contributed by atoms with Crippen molar-refractivity contribution in [3.05, 3.63) is 53.8 Å². The molecule has 5 nitrogen and oxygen atoms in total. The summed E-state index contributed by atoms with van der Waals surface area (Å²) in [5.41, 5.74) is 2.20. The maximum atomic E-state index is 5.48. The molecule has 6 heteroatoms. The van der Waals surface area contributed by atoms with Gasteiger partial charge in [-0.15, -0.1) is 11.3 Å². The molecule has 1 aliphatic rings. The van der Waals surface area contributed by atoms with Crippen LogP contribution in [-0.4, -0.2) is 32.7 Å². The molecule has 1 unspecified atom stereocenters. The topological polar surface area (TPSA) is 52.8 Å². The molecule has 4 rings (SSSR count). The highest BCUT2D eigenvalue weighted by Gasteiger charge is 2.22. The number of ether oxygens (including phenoxy) is 1. The molecule has 23 heavy (non-hydrogen) atoms. The van der Waals surface area contributed by atoms with Gasteiger partial charge in [-0.05, 0) is 18.6 Å². The van der Waals surface area contributed by atoms with Crippen molar-refractivity contribution in [1.29, 1.82) is 0 Å². The van der Waals surface area contributed by atoms with E-state index in [0.29, 0.717) is 5.92 Å². The lowest BCUT2D eigenvalue weighted by molar-refractivity contribution is 0.192. The molecule has 3 aromatic heterocycles. The van der Waals surface area contributed by atoms with Gasteiger partial charge in [0.1, 0.15) is 10.8 Å². The van der Waals surface area contributed by atoms with E-state index >= 15 is 0 Å². The predicted molar refractivity (Wildman–Crippen MR) is 89.5 cm³/mol. The van der Waals surface area contributed by atoms with Crippen LogP contribution >= 0.6 is 11.3 Å². The Morgan fingerprint density at radius 1 is 1.35 bits per heavy atom. The second kappa shape index (κ2) is 6.60. The number of hydrogen-bond acceptors (Lipinski definition) is 5. The van der Waals surface area contributed by atoms with E-state index in [2.05, 4.69) is 26.1 Å². The summed E-state index contributed by atoms with van der Waals surface area (Å²) in [5, 5.41) is 3.17. The van der Waals surface area contributed by atoms with Gasteiger partial charge in [0.05, 0.1) is 12.3 Å². The van der Waals surface area contributed by atoms with Crippen LogP contribution in [0.25, 0.3) is 10.6 Å². The maximum Gasteiger partial charge on any atom is 0.125 e. The van der Waals surface area contributed by atoms with Crippen LogP contribution in [0.3, 0.4) is 0 Å². The van der Waals surface area contributed by atoms with Gasteiger partial charge < -0.3 is 9.30 Å². The molecular formula is C17H18N4OS. The van der Waals surface area contributed by atoms with E-state index < -0.39 is 0 Å². The fourth-order valence-electron chi connectivity index (χ4n) is 2.89. The molecular weight excluding hydrogens is 308 g/mol. The van der Waals surface area contributed by atoms with Crippen LogP contribution in [0.5, 0.6) is 0 Å². The van der Waals surface area contributed by atoms with Crippen LogP contribution < -0.4 is 0 Å². The van der Waals surface area contributed by atoms with E-state index in [4.69, 9.17) is 9.72 Å². The molecule has 118 valence electrons. The molecule has 0 spiro atoms. The van der Waals surface area contributed by atoms with E-state index in [1.165, 1.54) is 0 Å². The third-order valence-electron chi connectivity index (χ3n) is 4.11. The first kappa shape index (κ1) is 14.5. The Balaban J connectivity index is 1.44. The van der Waals surface area contributed by atoms with Crippen molar-refractivity contribution in [2.24, 2.45) is 0 Å². The summed E-state index contributed by atoms with van der Waals surface area (Å²) in [7, 11) is 0. The predicted octanol–water partition coefficient (Wildman–Crippen LogP) is 3.15. The van der Waals surface area contributed by atoms with Crippen LogP contribution in [0.15, 0.2) is 42.3 Å². The average Bonchev–Trinajstić information content (AvgIpc) is 3.33. The minimum Gasteiger partial charge on any atom is -0.381 e. The first-order valence-electron chi connectivity index (χ1n) is 7.84. The largest absolute Gasteiger partial charge is 0.381 e. The Morgan fingerprint density at radius 3 is 3.17 bits per heavy atom. The number of thiazole rings is 1. The molecule has 0 radical (unpaired) electrons. The molecule has 0 N–H and O–H groups in total. The van der Waals surface area contributed by atoms with Crippen LogP contribution in [0.4, 0.5) is 0 Å². The third kappa shape index (κ3) is 3.18. The second-order valence-corrected chi connectivity index (χ2v) is 6.53. The fraction of sp³-hybridized carbons (Fsp3) is 0.353. The van der Waals surface area contributed by atoms with E-state index in [-0.39, 0.29) is 0 Å². The fourth-order valence-corrected chi connectivity index (χ4v) is 3.73. The van der Waals surface area contributed by atoms with Gasteiger partial charge in [0.25, 0.3) is 0 Å². The first-order chi connectivity index (χ1) is 11.4. The van der Waals surface area contributed by atoms with Crippen LogP contribution in [0.1, 0.15) is 23.9 Å².